The Bertz CT molecular complexity index is 922. The second-order valence-electron chi connectivity index (χ2n) is 4.85. The SMILES string of the molecule is CC(NC(=O)c1cc(-n2cnnn2)n[nH]1)c1cn2ccsc2n1. The van der Waals surface area contributed by atoms with E-state index in [1.54, 1.807) is 17.4 Å². The summed E-state index contributed by atoms with van der Waals surface area (Å²) < 4.78 is 3.29. The summed E-state index contributed by atoms with van der Waals surface area (Å²) in [5.41, 5.74) is 1.12. The molecule has 0 aliphatic rings. The normalized spacial score (nSPS) is 12.6. The summed E-state index contributed by atoms with van der Waals surface area (Å²) >= 11 is 1.54. The van der Waals surface area contributed by atoms with Gasteiger partial charge >= 0.3 is 0 Å². The van der Waals surface area contributed by atoms with Crippen LogP contribution in [0.4, 0.5) is 0 Å². The van der Waals surface area contributed by atoms with Gasteiger partial charge in [-0.15, -0.1) is 16.4 Å². The predicted octanol–water partition coefficient (Wildman–Crippen LogP) is 0.586. The number of imidazole rings is 1. The van der Waals surface area contributed by atoms with Crippen molar-refractivity contribution in [1.82, 2.24) is 45.1 Å². The van der Waals surface area contributed by atoms with E-state index in [1.165, 1.54) is 11.0 Å². The summed E-state index contributed by atoms with van der Waals surface area (Å²) in [7, 11) is 0. The first-order chi connectivity index (χ1) is 11.2. The standard InChI is InChI=1S/C12H11N9OS/c1-7(9-5-20-2-3-23-12(20)15-9)14-11(22)8-4-10(17-16-8)21-6-13-18-19-21/h2-7H,1H3,(H,14,22)(H,16,17). The molecule has 0 aromatic carbocycles. The molecule has 0 aliphatic heterocycles. The van der Waals surface area contributed by atoms with Crippen LogP contribution in [0.3, 0.4) is 0 Å². The van der Waals surface area contributed by atoms with E-state index in [9.17, 15) is 4.79 Å². The fourth-order valence-corrected chi connectivity index (χ4v) is 2.82. The van der Waals surface area contributed by atoms with Gasteiger partial charge in [0.2, 0.25) is 0 Å². The molecule has 11 heteroatoms. The maximum absolute atomic E-state index is 12.3. The highest BCUT2D eigenvalue weighted by atomic mass is 32.1. The number of fused-ring (bicyclic) bond motifs is 1. The minimum Gasteiger partial charge on any atom is -0.343 e. The van der Waals surface area contributed by atoms with Gasteiger partial charge in [-0.3, -0.25) is 14.3 Å². The number of hydrogen-bond acceptors (Lipinski definition) is 7. The zero-order valence-electron chi connectivity index (χ0n) is 11.9. The van der Waals surface area contributed by atoms with Gasteiger partial charge in [-0.25, -0.2) is 4.98 Å². The summed E-state index contributed by atoms with van der Waals surface area (Å²) in [6, 6.07) is 1.35. The van der Waals surface area contributed by atoms with Crippen molar-refractivity contribution in [2.24, 2.45) is 0 Å². The molecule has 1 amide bonds. The fraction of sp³-hybridized carbons (Fsp3) is 0.167. The van der Waals surface area contributed by atoms with Crippen LogP contribution >= 0.6 is 11.3 Å². The highest BCUT2D eigenvalue weighted by Gasteiger charge is 2.17. The molecule has 0 bridgehead atoms. The molecule has 10 nitrogen and oxygen atoms in total. The molecule has 4 aromatic heterocycles. The molecule has 4 rings (SSSR count). The topological polar surface area (TPSA) is 119 Å². The Morgan fingerprint density at radius 3 is 3.17 bits per heavy atom. The zero-order valence-corrected chi connectivity index (χ0v) is 12.7. The van der Waals surface area contributed by atoms with Gasteiger partial charge in [-0.2, -0.15) is 9.78 Å². The van der Waals surface area contributed by atoms with E-state index in [4.69, 9.17) is 0 Å². The van der Waals surface area contributed by atoms with Crippen molar-refractivity contribution < 1.29 is 4.79 Å². The van der Waals surface area contributed by atoms with Gasteiger partial charge in [-0.1, -0.05) is 0 Å². The van der Waals surface area contributed by atoms with Crippen LogP contribution in [0.25, 0.3) is 10.8 Å². The molecule has 1 atom stereocenters. The Balaban J connectivity index is 1.50. The van der Waals surface area contributed by atoms with Crippen molar-refractivity contribution in [3.8, 4) is 5.82 Å². The maximum Gasteiger partial charge on any atom is 0.269 e. The van der Waals surface area contributed by atoms with Gasteiger partial charge in [0.1, 0.15) is 12.0 Å². The molecule has 0 saturated carbocycles. The minimum atomic E-state index is -0.277. The Morgan fingerprint density at radius 1 is 1.48 bits per heavy atom. The molecule has 0 radical (unpaired) electrons. The van der Waals surface area contributed by atoms with Crippen LogP contribution in [-0.2, 0) is 0 Å². The second-order valence-corrected chi connectivity index (χ2v) is 5.72. The Morgan fingerprint density at radius 2 is 2.39 bits per heavy atom. The van der Waals surface area contributed by atoms with E-state index < -0.39 is 0 Å². The van der Waals surface area contributed by atoms with Crippen LogP contribution in [0.15, 0.2) is 30.2 Å². The van der Waals surface area contributed by atoms with Crippen LogP contribution in [-0.4, -0.2) is 45.7 Å². The van der Waals surface area contributed by atoms with E-state index >= 15 is 0 Å². The Kier molecular flexibility index (Phi) is 3.12. The van der Waals surface area contributed by atoms with Crippen LogP contribution in [0.5, 0.6) is 0 Å². The zero-order chi connectivity index (χ0) is 15.8. The molecular formula is C12H11N9OS. The van der Waals surface area contributed by atoms with Crippen molar-refractivity contribution in [1.29, 1.82) is 0 Å². The van der Waals surface area contributed by atoms with E-state index in [2.05, 4.69) is 36.0 Å². The molecular weight excluding hydrogens is 318 g/mol. The van der Waals surface area contributed by atoms with Gasteiger partial charge in [-0.05, 0) is 17.4 Å². The Hall–Kier alpha value is -3.08. The quantitative estimate of drug-likeness (QED) is 0.565. The lowest BCUT2D eigenvalue weighted by atomic mass is 10.2. The highest BCUT2D eigenvalue weighted by molar-refractivity contribution is 7.15. The van der Waals surface area contributed by atoms with Crippen molar-refractivity contribution in [3.05, 3.63) is 41.6 Å². The largest absolute Gasteiger partial charge is 0.343 e. The first-order valence-corrected chi connectivity index (χ1v) is 7.60. The summed E-state index contributed by atoms with van der Waals surface area (Å²) in [5, 5.41) is 22.3. The monoisotopic (exact) mass is 329 g/mol. The van der Waals surface area contributed by atoms with Gasteiger partial charge in [0, 0.05) is 23.8 Å². The average molecular weight is 329 g/mol. The minimum absolute atomic E-state index is 0.227. The maximum atomic E-state index is 12.3. The molecule has 0 saturated heterocycles. The lowest BCUT2D eigenvalue weighted by Crippen LogP contribution is -2.27. The third kappa shape index (κ3) is 2.46. The highest BCUT2D eigenvalue weighted by Crippen LogP contribution is 2.17. The first-order valence-electron chi connectivity index (χ1n) is 6.72. The van der Waals surface area contributed by atoms with Gasteiger partial charge in [0.25, 0.3) is 5.91 Å². The molecule has 4 aromatic rings. The molecule has 116 valence electrons. The lowest BCUT2D eigenvalue weighted by molar-refractivity contribution is 0.0934. The number of amides is 1. The average Bonchev–Trinajstić information content (AvgIpc) is 3.28. The number of rotatable bonds is 4. The number of carbonyl (C=O) groups excluding carboxylic acids is 1. The molecule has 2 N–H and O–H groups in total. The van der Waals surface area contributed by atoms with Crippen molar-refractivity contribution >= 4 is 22.2 Å². The van der Waals surface area contributed by atoms with Crippen LogP contribution in [0.2, 0.25) is 0 Å². The van der Waals surface area contributed by atoms with E-state index in [-0.39, 0.29) is 11.9 Å². The molecule has 0 spiro atoms. The lowest BCUT2D eigenvalue weighted by Gasteiger charge is -2.09. The Labute approximate surface area is 133 Å². The molecule has 0 aliphatic carbocycles. The number of hydrogen-bond donors (Lipinski definition) is 2. The first kappa shape index (κ1) is 13.6. The second kappa shape index (κ2) is 5.28. The number of aromatic nitrogens is 8. The predicted molar refractivity (Wildman–Crippen MR) is 80.2 cm³/mol. The molecule has 23 heavy (non-hydrogen) atoms. The molecule has 0 fully saturated rings. The summed E-state index contributed by atoms with van der Waals surface area (Å²) in [4.78, 5) is 17.7. The van der Waals surface area contributed by atoms with Gasteiger partial charge in [0.05, 0.1) is 11.7 Å². The molecule has 1 unspecified atom stereocenters. The van der Waals surface area contributed by atoms with E-state index in [0.717, 1.165) is 10.7 Å². The number of nitrogens with one attached hydrogen (secondary N) is 2. The number of carbonyl (C=O) groups is 1. The van der Waals surface area contributed by atoms with Crippen LogP contribution in [0, 0.1) is 0 Å². The van der Waals surface area contributed by atoms with Crippen molar-refractivity contribution in [3.63, 3.8) is 0 Å². The van der Waals surface area contributed by atoms with Crippen molar-refractivity contribution in [2.75, 3.05) is 0 Å². The number of thiazole rings is 1. The third-order valence-corrected chi connectivity index (χ3v) is 4.07. The van der Waals surface area contributed by atoms with Crippen LogP contribution in [0.1, 0.15) is 29.1 Å². The number of nitrogens with zero attached hydrogens (tertiary/aromatic N) is 7. The fourth-order valence-electron chi connectivity index (χ4n) is 2.11. The number of H-pyrrole nitrogens is 1. The summed E-state index contributed by atoms with van der Waals surface area (Å²) in [6.07, 6.45) is 5.23. The summed E-state index contributed by atoms with van der Waals surface area (Å²) in [6.45, 7) is 1.88. The summed E-state index contributed by atoms with van der Waals surface area (Å²) in [5.74, 6) is 0.163. The smallest absolute Gasteiger partial charge is 0.269 e. The van der Waals surface area contributed by atoms with Gasteiger partial charge < -0.3 is 5.32 Å². The third-order valence-electron chi connectivity index (χ3n) is 3.30. The van der Waals surface area contributed by atoms with E-state index in [1.807, 2.05) is 29.1 Å². The number of aromatic amines is 1. The molecule has 4 heterocycles. The van der Waals surface area contributed by atoms with Gasteiger partial charge in [0.15, 0.2) is 10.8 Å². The van der Waals surface area contributed by atoms with Crippen LogP contribution < -0.4 is 5.32 Å². The van der Waals surface area contributed by atoms with E-state index in [0.29, 0.717) is 11.5 Å². The number of tetrazole rings is 1. The van der Waals surface area contributed by atoms with Crippen molar-refractivity contribution in [2.45, 2.75) is 13.0 Å².